The average molecular weight is 631 g/mol. The van der Waals surface area contributed by atoms with Crippen molar-refractivity contribution in [2.45, 2.75) is 46.3 Å². The predicted octanol–water partition coefficient (Wildman–Crippen LogP) is 7.00. The molecule has 44 heavy (non-hydrogen) atoms. The number of fused-ring (bicyclic) bond motifs is 1. The van der Waals surface area contributed by atoms with Gasteiger partial charge >= 0.3 is 12.1 Å². The van der Waals surface area contributed by atoms with Crippen molar-refractivity contribution in [3.05, 3.63) is 92.3 Å². The highest BCUT2D eigenvalue weighted by atomic mass is 35.5. The minimum atomic E-state index is -5.07. The van der Waals surface area contributed by atoms with Crippen molar-refractivity contribution in [2.24, 2.45) is 5.92 Å². The Morgan fingerprint density at radius 3 is 2.36 bits per heavy atom. The summed E-state index contributed by atoms with van der Waals surface area (Å²) in [5.74, 6) is -2.18. The first-order chi connectivity index (χ1) is 20.9. The molecule has 0 aliphatic carbocycles. The number of piperidine rings is 1. The van der Waals surface area contributed by atoms with E-state index in [2.05, 4.69) is 6.92 Å². The topological polar surface area (TPSA) is 79.4 Å². The second kappa shape index (κ2) is 12.9. The molecule has 1 aromatic heterocycles. The number of hydrogen-bond donors (Lipinski definition) is 1. The van der Waals surface area contributed by atoms with E-state index in [1.807, 2.05) is 6.92 Å². The van der Waals surface area contributed by atoms with Gasteiger partial charge in [-0.15, -0.1) is 0 Å². The van der Waals surface area contributed by atoms with Gasteiger partial charge in [0, 0.05) is 5.02 Å². The van der Waals surface area contributed by atoms with Gasteiger partial charge in [0.15, 0.2) is 5.58 Å². The van der Waals surface area contributed by atoms with Crippen LogP contribution in [0.5, 0.6) is 23.0 Å². The normalized spacial score (nSPS) is 17.0. The van der Waals surface area contributed by atoms with E-state index in [0.717, 1.165) is 30.8 Å². The van der Waals surface area contributed by atoms with Gasteiger partial charge in [-0.25, -0.2) is 4.79 Å². The summed E-state index contributed by atoms with van der Waals surface area (Å²) >= 11 is 6.05. The molecular formula is C33H32ClF3NO6+. The van der Waals surface area contributed by atoms with Gasteiger partial charge in [0.1, 0.15) is 23.8 Å². The molecule has 0 saturated carbocycles. The highest BCUT2D eigenvalue weighted by Gasteiger charge is 2.41. The van der Waals surface area contributed by atoms with Gasteiger partial charge in [-0.2, -0.15) is 13.2 Å². The highest BCUT2D eigenvalue weighted by Crippen LogP contribution is 2.40. The molecule has 3 aromatic carbocycles. The van der Waals surface area contributed by atoms with Crippen LogP contribution in [0.1, 0.15) is 53.9 Å². The average Bonchev–Trinajstić information content (AvgIpc) is 2.98. The first-order valence-corrected chi connectivity index (χ1v) is 14.7. The molecule has 0 atom stereocenters. The van der Waals surface area contributed by atoms with Crippen molar-refractivity contribution in [1.82, 2.24) is 0 Å². The summed E-state index contributed by atoms with van der Waals surface area (Å²) in [6, 6.07) is 13.3. The molecule has 2 heterocycles. The zero-order valence-corrected chi connectivity index (χ0v) is 25.2. The lowest BCUT2D eigenvalue weighted by Crippen LogP contribution is -3.11. The fraction of sp³-hybridized carbons (Fsp3) is 0.333. The Kier molecular flexibility index (Phi) is 9.22. The molecule has 0 spiro atoms. The largest absolute Gasteiger partial charge is 0.494 e. The minimum Gasteiger partial charge on any atom is -0.494 e. The number of hydrogen-bond acceptors (Lipinski definition) is 6. The van der Waals surface area contributed by atoms with E-state index in [1.54, 1.807) is 19.1 Å². The van der Waals surface area contributed by atoms with Crippen molar-refractivity contribution in [3.63, 3.8) is 0 Å². The molecule has 1 aliphatic rings. The molecular weight excluding hydrogens is 599 g/mol. The van der Waals surface area contributed by atoms with Crippen LogP contribution < -0.4 is 24.5 Å². The number of rotatable bonds is 8. The lowest BCUT2D eigenvalue weighted by Gasteiger charge is -2.28. The standard InChI is InChI=1S/C33H31ClF3NO6/c1-4-41-22-7-5-21(6-8-22)32(40)43-27-12-10-24-28(39)30(42-23-9-11-26(34)20(3)17-23)31(33(35,36)37)44-29(24)25(27)18-38-15-13-19(2)14-16-38/h5-12,17,19H,4,13-16,18H2,1-3H3/p+1. The number of ether oxygens (including phenoxy) is 3. The van der Waals surface area contributed by atoms with Crippen molar-refractivity contribution in [1.29, 1.82) is 0 Å². The fourth-order valence-electron chi connectivity index (χ4n) is 5.23. The number of alkyl halides is 3. The van der Waals surface area contributed by atoms with Crippen LogP contribution >= 0.6 is 11.6 Å². The molecule has 1 aliphatic heterocycles. The molecule has 0 radical (unpaired) electrons. The first kappa shape index (κ1) is 31.4. The smallest absolute Gasteiger partial charge is 0.453 e. The van der Waals surface area contributed by atoms with Gasteiger partial charge < -0.3 is 23.5 Å². The molecule has 0 bridgehead atoms. The monoisotopic (exact) mass is 630 g/mol. The van der Waals surface area contributed by atoms with E-state index < -0.39 is 29.1 Å². The lowest BCUT2D eigenvalue weighted by molar-refractivity contribution is -0.919. The molecule has 1 N–H and O–H groups in total. The SMILES string of the molecule is CCOc1ccc(C(=O)Oc2ccc3c(=O)c(Oc4ccc(Cl)c(C)c4)c(C(F)(F)F)oc3c2C[NH+]2CCC(C)CC2)cc1. The number of carbonyl (C=O) groups is 1. The summed E-state index contributed by atoms with van der Waals surface area (Å²) < 4.78 is 65.5. The number of likely N-dealkylation sites (tertiary alicyclic amines) is 1. The maximum atomic E-state index is 14.4. The summed E-state index contributed by atoms with van der Waals surface area (Å²) in [5, 5.41) is 0.268. The Balaban J connectivity index is 1.62. The van der Waals surface area contributed by atoms with Crippen molar-refractivity contribution in [3.8, 4) is 23.0 Å². The Morgan fingerprint density at radius 2 is 1.73 bits per heavy atom. The van der Waals surface area contributed by atoms with E-state index in [1.165, 1.54) is 42.5 Å². The van der Waals surface area contributed by atoms with E-state index in [0.29, 0.717) is 28.9 Å². The maximum Gasteiger partial charge on any atom is 0.453 e. The number of esters is 1. The van der Waals surface area contributed by atoms with Crippen LogP contribution in [-0.4, -0.2) is 25.7 Å². The van der Waals surface area contributed by atoms with Gasteiger partial charge in [0.05, 0.1) is 36.2 Å². The van der Waals surface area contributed by atoms with Crippen LogP contribution in [-0.2, 0) is 12.7 Å². The zero-order chi connectivity index (χ0) is 31.6. The van der Waals surface area contributed by atoms with E-state index in [-0.39, 0.29) is 40.1 Å². The molecule has 0 amide bonds. The molecule has 7 nitrogen and oxygen atoms in total. The number of nitrogens with one attached hydrogen (secondary N) is 1. The molecule has 11 heteroatoms. The summed E-state index contributed by atoms with van der Waals surface area (Å²) in [6.45, 7) is 7.82. The summed E-state index contributed by atoms with van der Waals surface area (Å²) in [4.78, 5) is 27.9. The van der Waals surface area contributed by atoms with E-state index >= 15 is 0 Å². The maximum absolute atomic E-state index is 14.4. The summed E-state index contributed by atoms with van der Waals surface area (Å²) in [6.07, 6.45) is -3.21. The third-order valence-corrected chi connectivity index (χ3v) is 8.12. The number of aryl methyl sites for hydroxylation is 1. The number of halogens is 4. The first-order valence-electron chi connectivity index (χ1n) is 14.4. The molecule has 4 aromatic rings. The Hall–Kier alpha value is -4.02. The Bertz CT molecular complexity index is 1730. The minimum absolute atomic E-state index is 0.00272. The van der Waals surface area contributed by atoms with E-state index in [4.69, 9.17) is 30.2 Å². The third kappa shape index (κ3) is 6.87. The van der Waals surface area contributed by atoms with Crippen molar-refractivity contribution >= 4 is 28.5 Å². The quantitative estimate of drug-likeness (QED) is 0.167. The zero-order valence-electron chi connectivity index (χ0n) is 24.5. The Labute approximate surface area is 257 Å². The van der Waals surface area contributed by atoms with Gasteiger partial charge in [-0.05, 0) is 92.8 Å². The van der Waals surface area contributed by atoms with Gasteiger partial charge in [-0.3, -0.25) is 4.79 Å². The fourth-order valence-corrected chi connectivity index (χ4v) is 5.35. The highest BCUT2D eigenvalue weighted by molar-refractivity contribution is 6.31. The Morgan fingerprint density at radius 1 is 1.05 bits per heavy atom. The molecule has 1 fully saturated rings. The van der Waals surface area contributed by atoms with E-state index in [9.17, 15) is 22.8 Å². The lowest BCUT2D eigenvalue weighted by atomic mass is 9.98. The molecule has 232 valence electrons. The molecule has 1 saturated heterocycles. The van der Waals surface area contributed by atoms with Gasteiger partial charge in [-0.1, -0.05) is 18.5 Å². The van der Waals surface area contributed by atoms with Crippen molar-refractivity contribution in [2.75, 3.05) is 19.7 Å². The second-order valence-electron chi connectivity index (χ2n) is 11.0. The van der Waals surface area contributed by atoms with Crippen LogP contribution in [0.3, 0.4) is 0 Å². The van der Waals surface area contributed by atoms with Gasteiger partial charge in [0.2, 0.25) is 11.2 Å². The van der Waals surface area contributed by atoms with Crippen LogP contribution in [0.25, 0.3) is 11.0 Å². The van der Waals surface area contributed by atoms with Crippen LogP contribution in [0.15, 0.2) is 63.8 Å². The van der Waals surface area contributed by atoms with Crippen LogP contribution in [0.4, 0.5) is 13.2 Å². The molecule has 5 rings (SSSR count). The van der Waals surface area contributed by atoms with Crippen LogP contribution in [0, 0.1) is 12.8 Å². The second-order valence-corrected chi connectivity index (χ2v) is 11.4. The number of carbonyl (C=O) groups excluding carboxylic acids is 1. The number of benzene rings is 3. The van der Waals surface area contributed by atoms with Crippen molar-refractivity contribution < 1.29 is 41.5 Å². The summed E-state index contributed by atoms with van der Waals surface area (Å²) in [5.41, 5.74) is -0.326. The van der Waals surface area contributed by atoms with Crippen LogP contribution in [0.2, 0.25) is 5.02 Å². The summed E-state index contributed by atoms with van der Waals surface area (Å²) in [7, 11) is 0. The number of quaternary nitrogens is 1. The predicted molar refractivity (Wildman–Crippen MR) is 159 cm³/mol. The van der Waals surface area contributed by atoms with Gasteiger partial charge in [0.25, 0.3) is 5.76 Å². The molecule has 0 unspecified atom stereocenters. The third-order valence-electron chi connectivity index (χ3n) is 7.70.